The van der Waals surface area contributed by atoms with Crippen LogP contribution in [0.15, 0.2) is 18.2 Å². The van der Waals surface area contributed by atoms with Crippen molar-refractivity contribution in [2.75, 3.05) is 7.11 Å². The maximum atomic E-state index is 12.9. The maximum absolute atomic E-state index is 12.9. The van der Waals surface area contributed by atoms with Gasteiger partial charge in [0.15, 0.2) is 0 Å². The van der Waals surface area contributed by atoms with E-state index >= 15 is 0 Å². The molecule has 0 aromatic heterocycles. The molecule has 0 aliphatic heterocycles. The van der Waals surface area contributed by atoms with Crippen molar-refractivity contribution in [3.8, 4) is 0 Å². The van der Waals surface area contributed by atoms with Gasteiger partial charge in [-0.3, -0.25) is 4.79 Å². The van der Waals surface area contributed by atoms with Crippen molar-refractivity contribution in [2.45, 2.75) is 45.1 Å². The second kappa shape index (κ2) is 8.62. The van der Waals surface area contributed by atoms with E-state index in [-0.39, 0.29) is 12.0 Å². The van der Waals surface area contributed by atoms with Crippen molar-refractivity contribution in [3.63, 3.8) is 0 Å². The van der Waals surface area contributed by atoms with Crippen LogP contribution in [0.1, 0.15) is 37.0 Å². The van der Waals surface area contributed by atoms with Gasteiger partial charge in [0, 0.05) is 0 Å². The number of hydrogen-bond donors (Lipinski definition) is 1. The predicted octanol–water partition coefficient (Wildman–Crippen LogP) is 3.97. The predicted molar refractivity (Wildman–Crippen MR) is 83.6 cm³/mol. The number of carbonyl (C=O) groups excluding carboxylic acids is 2. The van der Waals surface area contributed by atoms with E-state index in [0.29, 0.717) is 18.6 Å². The van der Waals surface area contributed by atoms with Gasteiger partial charge in [-0.15, -0.1) is 0 Å². The van der Waals surface area contributed by atoms with E-state index in [4.69, 9.17) is 0 Å². The summed E-state index contributed by atoms with van der Waals surface area (Å²) in [6, 6.07) is -0.116. The Morgan fingerprint density at radius 2 is 1.52 bits per heavy atom. The smallest absolute Gasteiger partial charge is 0.416 e. The Bertz CT molecular complexity index is 652. The minimum Gasteiger partial charge on any atom is -0.467 e. The molecule has 1 amide bonds. The molecule has 0 spiro atoms. The van der Waals surface area contributed by atoms with Crippen LogP contribution in [0.3, 0.4) is 0 Å². The molecule has 27 heavy (non-hydrogen) atoms. The molecule has 0 aliphatic carbocycles. The largest absolute Gasteiger partial charge is 0.467 e. The Morgan fingerprint density at radius 1 is 1.04 bits per heavy atom. The number of esters is 1. The lowest BCUT2D eigenvalue weighted by Crippen LogP contribution is -2.46. The standard InChI is InChI=1S/C17H19F6NO3/c1-4-9(2)14(15(26)27-3)24-13(25)7-10-5-11(16(18,19)20)8-12(6-10)17(21,22)23/h5-6,8-9,14H,4,7H2,1-3H3,(H,24,25)/t9-,14+/m0/s1. The summed E-state index contributed by atoms with van der Waals surface area (Å²) >= 11 is 0. The van der Waals surface area contributed by atoms with Gasteiger partial charge >= 0.3 is 18.3 Å². The van der Waals surface area contributed by atoms with Gasteiger partial charge in [-0.1, -0.05) is 20.3 Å². The minimum atomic E-state index is -5.00. The van der Waals surface area contributed by atoms with Crippen LogP contribution in [0, 0.1) is 5.92 Å². The quantitative estimate of drug-likeness (QED) is 0.582. The van der Waals surface area contributed by atoms with Crippen LogP contribution in [-0.4, -0.2) is 25.0 Å². The molecule has 0 fully saturated rings. The van der Waals surface area contributed by atoms with Crippen molar-refractivity contribution in [1.29, 1.82) is 0 Å². The monoisotopic (exact) mass is 399 g/mol. The topological polar surface area (TPSA) is 55.4 Å². The third-order valence-electron chi connectivity index (χ3n) is 4.00. The minimum absolute atomic E-state index is 0.0161. The van der Waals surface area contributed by atoms with E-state index in [1.54, 1.807) is 13.8 Å². The zero-order valence-corrected chi connectivity index (χ0v) is 14.8. The molecule has 2 atom stereocenters. The van der Waals surface area contributed by atoms with E-state index in [2.05, 4.69) is 10.1 Å². The number of alkyl halides is 6. The van der Waals surface area contributed by atoms with E-state index in [0.717, 1.165) is 7.11 Å². The Kier molecular flexibility index (Phi) is 7.27. The van der Waals surface area contributed by atoms with Gasteiger partial charge in [-0.25, -0.2) is 4.79 Å². The van der Waals surface area contributed by atoms with E-state index in [9.17, 15) is 35.9 Å². The summed E-state index contributed by atoms with van der Waals surface area (Å²) in [7, 11) is 1.10. The first-order valence-electron chi connectivity index (χ1n) is 7.95. The summed E-state index contributed by atoms with van der Waals surface area (Å²) in [5.41, 5.74) is -3.49. The number of methoxy groups -OCH3 is 1. The molecule has 0 saturated carbocycles. The second-order valence-electron chi connectivity index (χ2n) is 6.04. The normalized spacial score (nSPS) is 14.4. The summed E-state index contributed by atoms with van der Waals surface area (Å²) in [6.07, 6.45) is -10.3. The van der Waals surface area contributed by atoms with Crippen LogP contribution in [-0.2, 0) is 33.1 Å². The zero-order chi connectivity index (χ0) is 21.0. The average molecular weight is 399 g/mol. The molecule has 4 nitrogen and oxygen atoms in total. The van der Waals surface area contributed by atoms with Crippen molar-refractivity contribution in [1.82, 2.24) is 5.32 Å². The lowest BCUT2D eigenvalue weighted by molar-refractivity contribution is -0.146. The van der Waals surface area contributed by atoms with Crippen LogP contribution < -0.4 is 5.32 Å². The molecule has 0 aliphatic rings. The first-order valence-corrected chi connectivity index (χ1v) is 7.95. The van der Waals surface area contributed by atoms with Crippen LogP contribution >= 0.6 is 0 Å². The molecule has 1 N–H and O–H groups in total. The van der Waals surface area contributed by atoms with Crippen LogP contribution in [0.5, 0.6) is 0 Å². The fourth-order valence-electron chi connectivity index (χ4n) is 2.33. The second-order valence-corrected chi connectivity index (χ2v) is 6.04. The summed E-state index contributed by atoms with van der Waals surface area (Å²) < 4.78 is 81.7. The van der Waals surface area contributed by atoms with Gasteiger partial charge in [-0.2, -0.15) is 26.3 Å². The van der Waals surface area contributed by atoms with Gasteiger partial charge < -0.3 is 10.1 Å². The summed E-state index contributed by atoms with van der Waals surface area (Å²) in [5, 5.41) is 2.31. The molecule has 10 heteroatoms. The lowest BCUT2D eigenvalue weighted by Gasteiger charge is -2.22. The number of amides is 1. The number of carbonyl (C=O) groups is 2. The molecule has 1 aromatic carbocycles. The fraction of sp³-hybridized carbons (Fsp3) is 0.529. The molecular weight excluding hydrogens is 380 g/mol. The molecule has 0 heterocycles. The average Bonchev–Trinajstić information content (AvgIpc) is 2.56. The third kappa shape index (κ3) is 6.44. The molecular formula is C17H19F6NO3. The van der Waals surface area contributed by atoms with Gasteiger partial charge in [0.05, 0.1) is 24.7 Å². The molecule has 0 radical (unpaired) electrons. The van der Waals surface area contributed by atoms with Gasteiger partial charge in [0.2, 0.25) is 5.91 Å². The SMILES string of the molecule is CC[C@H](C)[C@@H](NC(=O)Cc1cc(C(F)(F)F)cc(C(F)(F)F)c1)C(=O)OC. The Balaban J connectivity index is 3.12. The summed E-state index contributed by atoms with van der Waals surface area (Å²) in [5.74, 6) is -1.98. The zero-order valence-electron chi connectivity index (χ0n) is 14.8. The number of nitrogens with one attached hydrogen (secondary N) is 1. The van der Waals surface area contributed by atoms with Gasteiger partial charge in [-0.05, 0) is 29.7 Å². The molecule has 1 aromatic rings. The van der Waals surface area contributed by atoms with Crippen molar-refractivity contribution in [3.05, 3.63) is 34.9 Å². The summed E-state index contributed by atoms with van der Waals surface area (Å²) in [4.78, 5) is 23.8. The van der Waals surface area contributed by atoms with Crippen LogP contribution in [0.2, 0.25) is 0 Å². The highest BCUT2D eigenvalue weighted by Gasteiger charge is 2.37. The number of rotatable bonds is 6. The van der Waals surface area contributed by atoms with Crippen LogP contribution in [0.4, 0.5) is 26.3 Å². The molecule has 0 saturated heterocycles. The highest BCUT2D eigenvalue weighted by atomic mass is 19.4. The first-order chi connectivity index (χ1) is 12.3. The number of benzene rings is 1. The number of ether oxygens (including phenoxy) is 1. The van der Waals surface area contributed by atoms with E-state index < -0.39 is 53.4 Å². The van der Waals surface area contributed by atoms with Crippen molar-refractivity contribution in [2.24, 2.45) is 5.92 Å². The molecule has 152 valence electrons. The maximum Gasteiger partial charge on any atom is 0.416 e. The Morgan fingerprint density at radius 3 is 1.89 bits per heavy atom. The number of halogens is 6. The van der Waals surface area contributed by atoms with Crippen molar-refractivity contribution < 1.29 is 40.7 Å². The fourth-order valence-corrected chi connectivity index (χ4v) is 2.33. The first kappa shape index (κ1) is 22.8. The Labute approximate surface area is 151 Å². The Hall–Kier alpha value is -2.26. The summed E-state index contributed by atoms with van der Waals surface area (Å²) in [6.45, 7) is 3.39. The highest BCUT2D eigenvalue weighted by Crippen LogP contribution is 2.36. The third-order valence-corrected chi connectivity index (χ3v) is 4.00. The van der Waals surface area contributed by atoms with Gasteiger partial charge in [0.25, 0.3) is 0 Å². The van der Waals surface area contributed by atoms with Gasteiger partial charge in [0.1, 0.15) is 6.04 Å². The number of hydrogen-bond acceptors (Lipinski definition) is 3. The molecule has 0 bridgehead atoms. The molecule has 1 rings (SSSR count). The van der Waals surface area contributed by atoms with E-state index in [1.807, 2.05) is 0 Å². The lowest BCUT2D eigenvalue weighted by atomic mass is 9.98. The molecule has 0 unspecified atom stereocenters. The van der Waals surface area contributed by atoms with E-state index in [1.165, 1.54) is 0 Å². The highest BCUT2D eigenvalue weighted by molar-refractivity contribution is 5.85. The van der Waals surface area contributed by atoms with Crippen molar-refractivity contribution >= 4 is 11.9 Å². The van der Waals surface area contributed by atoms with Crippen LogP contribution in [0.25, 0.3) is 0 Å².